The first-order valence-electron chi connectivity index (χ1n) is 5.43. The molecule has 2 aromatic carbocycles. The lowest BCUT2D eigenvalue weighted by Gasteiger charge is -2.16. The smallest absolute Gasteiger partial charge is 0.258 e. The summed E-state index contributed by atoms with van der Waals surface area (Å²) in [6.07, 6.45) is 0. The number of nitrogens with zero attached hydrogens (tertiary/aromatic N) is 2. The van der Waals surface area contributed by atoms with Gasteiger partial charge in [-0.3, -0.25) is 10.1 Å². The first-order chi connectivity index (χ1) is 9.43. The van der Waals surface area contributed by atoms with Crippen LogP contribution in [0.5, 0.6) is 0 Å². The highest BCUT2D eigenvalue weighted by atomic mass is 127. The Morgan fingerprint density at radius 1 is 1.00 bits per heavy atom. The van der Waals surface area contributed by atoms with Crippen molar-refractivity contribution >= 4 is 44.3 Å². The molecule has 0 aliphatic rings. The molecule has 0 saturated carbocycles. The molecule has 20 heavy (non-hydrogen) atoms. The van der Waals surface area contributed by atoms with Crippen LogP contribution in [0.25, 0.3) is 0 Å². The zero-order valence-corrected chi connectivity index (χ0v) is 13.0. The normalized spacial score (nSPS) is 11.1. The van der Waals surface area contributed by atoms with E-state index in [0.717, 1.165) is 2.52 Å². The Hall–Kier alpha value is -1.68. The van der Waals surface area contributed by atoms with Gasteiger partial charge >= 0.3 is 0 Å². The van der Waals surface area contributed by atoms with Crippen LogP contribution in [0.1, 0.15) is 0 Å². The van der Waals surface area contributed by atoms with Crippen LogP contribution in [0, 0.1) is 10.1 Å². The third kappa shape index (κ3) is 2.90. The van der Waals surface area contributed by atoms with Crippen molar-refractivity contribution < 1.29 is 13.3 Å². The van der Waals surface area contributed by atoms with Gasteiger partial charge in [-0.25, -0.2) is 10.9 Å². The molecule has 104 valence electrons. The van der Waals surface area contributed by atoms with E-state index in [0.29, 0.717) is 5.69 Å². The molecule has 0 spiro atoms. The molecule has 0 fully saturated rings. The molecule has 0 atom stereocenters. The minimum absolute atomic E-state index is 0.00125. The van der Waals surface area contributed by atoms with Gasteiger partial charge in [-0.1, -0.05) is 18.2 Å². The zero-order valence-electron chi connectivity index (χ0n) is 10.0. The number of sulfonamides is 1. The molecule has 2 aromatic rings. The molecule has 0 radical (unpaired) electrons. The number of anilines is 1. The van der Waals surface area contributed by atoms with E-state index in [1.807, 2.05) is 0 Å². The number of halogens is 1. The lowest BCUT2D eigenvalue weighted by molar-refractivity contribution is -0.384. The summed E-state index contributed by atoms with van der Waals surface area (Å²) in [6.45, 7) is 0. The van der Waals surface area contributed by atoms with E-state index < -0.39 is 14.9 Å². The Bertz CT molecular complexity index is 717. The van der Waals surface area contributed by atoms with Crippen molar-refractivity contribution in [1.82, 2.24) is 0 Å². The van der Waals surface area contributed by atoms with Gasteiger partial charge in [0.2, 0.25) is 0 Å². The Kier molecular flexibility index (Phi) is 4.23. The van der Waals surface area contributed by atoms with Crippen LogP contribution in [-0.2, 0) is 10.0 Å². The number of nitro benzene ring substituents is 1. The van der Waals surface area contributed by atoms with E-state index in [1.54, 1.807) is 53.2 Å². The fraction of sp³-hybridized carbons (Fsp3) is 0. The van der Waals surface area contributed by atoms with Crippen LogP contribution in [0.3, 0.4) is 0 Å². The Labute approximate surface area is 129 Å². The van der Waals surface area contributed by atoms with Gasteiger partial charge in [-0.2, -0.15) is 0 Å². The van der Waals surface area contributed by atoms with Gasteiger partial charge in [0.1, 0.15) is 0 Å². The van der Waals surface area contributed by atoms with Gasteiger partial charge in [-0.05, 0) is 24.3 Å². The Morgan fingerprint density at radius 2 is 1.55 bits per heavy atom. The summed E-state index contributed by atoms with van der Waals surface area (Å²) in [6, 6.07) is 13.4. The maximum atomic E-state index is 12.4. The van der Waals surface area contributed by atoms with Crippen molar-refractivity contribution in [2.45, 2.75) is 4.90 Å². The van der Waals surface area contributed by atoms with Crippen molar-refractivity contribution in [1.29, 1.82) is 0 Å². The molecular formula is C12H9IN2O4S. The topological polar surface area (TPSA) is 80.5 Å². The summed E-state index contributed by atoms with van der Waals surface area (Å²) >= 11 is 1.69. The lowest BCUT2D eigenvalue weighted by Crippen LogP contribution is -2.20. The third-order valence-corrected chi connectivity index (χ3v) is 6.13. The second-order valence-electron chi connectivity index (χ2n) is 3.81. The number of para-hydroxylation sites is 1. The van der Waals surface area contributed by atoms with Crippen LogP contribution >= 0.6 is 22.9 Å². The van der Waals surface area contributed by atoms with E-state index in [-0.39, 0.29) is 10.6 Å². The van der Waals surface area contributed by atoms with E-state index in [9.17, 15) is 18.5 Å². The molecular weight excluding hydrogens is 395 g/mol. The Balaban J connectivity index is 2.37. The second kappa shape index (κ2) is 5.75. The minimum atomic E-state index is -3.74. The number of nitro groups is 1. The van der Waals surface area contributed by atoms with Crippen molar-refractivity contribution in [3.05, 3.63) is 64.7 Å². The predicted molar refractivity (Wildman–Crippen MR) is 83.2 cm³/mol. The molecule has 6 nitrogen and oxygen atoms in total. The van der Waals surface area contributed by atoms with Crippen molar-refractivity contribution in [3.8, 4) is 0 Å². The van der Waals surface area contributed by atoms with Crippen LogP contribution in [0.15, 0.2) is 59.5 Å². The van der Waals surface area contributed by atoms with Gasteiger partial charge in [-0.15, -0.1) is 0 Å². The van der Waals surface area contributed by atoms with Gasteiger partial charge < -0.3 is 0 Å². The Morgan fingerprint density at radius 3 is 2.05 bits per heavy atom. The van der Waals surface area contributed by atoms with Gasteiger partial charge in [0.15, 0.2) is 0 Å². The number of hydrogen-bond acceptors (Lipinski definition) is 4. The maximum absolute atomic E-state index is 12.4. The number of hydrogen-bond donors (Lipinski definition) is 0. The first kappa shape index (κ1) is 14.7. The molecule has 0 heterocycles. The van der Waals surface area contributed by atoms with Crippen molar-refractivity contribution in [3.63, 3.8) is 0 Å². The number of rotatable bonds is 4. The highest BCUT2D eigenvalue weighted by molar-refractivity contribution is 14.1. The lowest BCUT2D eigenvalue weighted by atomic mass is 10.3. The molecule has 0 saturated heterocycles. The van der Waals surface area contributed by atoms with Crippen LogP contribution in [0.2, 0.25) is 0 Å². The molecule has 8 heteroatoms. The summed E-state index contributed by atoms with van der Waals surface area (Å²) in [7, 11) is -3.74. The van der Waals surface area contributed by atoms with Gasteiger partial charge in [0, 0.05) is 12.1 Å². The summed E-state index contributed by atoms with van der Waals surface area (Å²) < 4.78 is 25.8. The fourth-order valence-corrected chi connectivity index (χ4v) is 3.58. The van der Waals surface area contributed by atoms with E-state index in [4.69, 9.17) is 0 Å². The largest absolute Gasteiger partial charge is 0.272 e. The molecule has 0 aliphatic heterocycles. The van der Waals surface area contributed by atoms with Crippen LogP contribution in [-0.4, -0.2) is 13.3 Å². The summed E-state index contributed by atoms with van der Waals surface area (Å²) in [5, 5.41) is 10.6. The number of benzene rings is 2. The maximum Gasteiger partial charge on any atom is 0.272 e. The van der Waals surface area contributed by atoms with Gasteiger partial charge in [0.25, 0.3) is 15.7 Å². The van der Waals surface area contributed by atoms with Crippen molar-refractivity contribution in [2.24, 2.45) is 0 Å². The quantitative estimate of drug-likeness (QED) is 0.340. The molecule has 0 aliphatic carbocycles. The summed E-state index contributed by atoms with van der Waals surface area (Å²) in [4.78, 5) is 9.99. The molecule has 0 N–H and O–H groups in total. The molecule has 2 rings (SSSR count). The van der Waals surface area contributed by atoms with E-state index in [2.05, 4.69) is 0 Å². The van der Waals surface area contributed by atoms with Crippen LogP contribution in [0.4, 0.5) is 11.4 Å². The molecule has 0 aromatic heterocycles. The highest BCUT2D eigenvalue weighted by Gasteiger charge is 2.23. The average molecular weight is 404 g/mol. The molecule has 0 amide bonds. The fourth-order valence-electron chi connectivity index (χ4n) is 1.52. The monoisotopic (exact) mass is 404 g/mol. The predicted octanol–water partition coefficient (Wildman–Crippen LogP) is 3.14. The number of non-ortho nitro benzene ring substituents is 1. The zero-order chi connectivity index (χ0) is 14.8. The van der Waals surface area contributed by atoms with Crippen LogP contribution < -0.4 is 2.52 Å². The standard InChI is InChI=1S/C12H9IN2O4S/c13-14(10-4-2-1-3-5-10)20(18,19)12-8-6-11(7-9-12)15(16)17/h1-9H. The highest BCUT2D eigenvalue weighted by Crippen LogP contribution is 2.27. The molecule has 0 unspecified atom stereocenters. The summed E-state index contributed by atoms with van der Waals surface area (Å²) in [5.74, 6) is 0. The summed E-state index contributed by atoms with van der Waals surface area (Å²) in [5.41, 5.74) is 0.357. The SMILES string of the molecule is O=[N+]([O-])c1ccc(S(=O)(=O)N(I)c2ccccc2)cc1. The minimum Gasteiger partial charge on any atom is -0.258 e. The van der Waals surface area contributed by atoms with E-state index in [1.165, 1.54) is 24.3 Å². The first-order valence-corrected chi connectivity index (χ1v) is 7.84. The van der Waals surface area contributed by atoms with Gasteiger partial charge in [0.05, 0.1) is 38.4 Å². The average Bonchev–Trinajstić information content (AvgIpc) is 2.47. The van der Waals surface area contributed by atoms with E-state index >= 15 is 0 Å². The second-order valence-corrected chi connectivity index (χ2v) is 7.21. The van der Waals surface area contributed by atoms with Crippen molar-refractivity contribution in [2.75, 3.05) is 2.52 Å². The third-order valence-electron chi connectivity index (χ3n) is 2.52. The molecule has 0 bridgehead atoms.